The molecular formula is C39H36P2+2. The smallest absolute Gasteiger partial charge is 0.0620 e. The lowest BCUT2D eigenvalue weighted by Gasteiger charge is -2.41. The van der Waals surface area contributed by atoms with Crippen LogP contribution in [0.15, 0.2) is 182 Å². The summed E-state index contributed by atoms with van der Waals surface area (Å²) < 4.78 is 0. The molecule has 0 atom stereocenters. The van der Waals surface area contributed by atoms with E-state index in [1.165, 1.54) is 31.8 Å². The van der Waals surface area contributed by atoms with Gasteiger partial charge >= 0.3 is 0 Å². The largest absolute Gasteiger partial charge is 0.197 e. The van der Waals surface area contributed by atoms with Gasteiger partial charge in [0.05, 0.1) is 0 Å². The first-order chi connectivity index (χ1) is 20.3. The van der Waals surface area contributed by atoms with Crippen molar-refractivity contribution in [3.8, 4) is 0 Å². The highest BCUT2D eigenvalue weighted by Gasteiger charge is 2.67. The lowest BCUT2D eigenvalue weighted by molar-refractivity contribution is 1.03. The van der Waals surface area contributed by atoms with Crippen LogP contribution in [0.3, 0.4) is 0 Å². The number of rotatable bonds is 9. The fourth-order valence-corrected chi connectivity index (χ4v) is 20.0. The normalized spacial score (nSPS) is 11.9. The quantitative estimate of drug-likeness (QED) is 0.157. The van der Waals surface area contributed by atoms with E-state index in [-0.39, 0.29) is 0 Å². The summed E-state index contributed by atoms with van der Waals surface area (Å²) in [4.78, 5) is 0. The molecule has 0 aliphatic carbocycles. The van der Waals surface area contributed by atoms with E-state index in [0.29, 0.717) is 5.40 Å². The minimum Gasteiger partial charge on any atom is -0.0620 e. The van der Waals surface area contributed by atoms with Crippen molar-refractivity contribution >= 4 is 46.4 Å². The topological polar surface area (TPSA) is 0 Å². The second-order valence-corrected chi connectivity index (χ2v) is 18.0. The van der Waals surface area contributed by atoms with Gasteiger partial charge in [-0.15, -0.1) is 0 Å². The van der Waals surface area contributed by atoms with Crippen LogP contribution in [0, 0.1) is 0 Å². The van der Waals surface area contributed by atoms with E-state index in [0.717, 1.165) is 6.42 Å². The molecule has 2 heteroatoms. The van der Waals surface area contributed by atoms with Crippen LogP contribution in [0.4, 0.5) is 0 Å². The van der Waals surface area contributed by atoms with Crippen molar-refractivity contribution < 1.29 is 0 Å². The van der Waals surface area contributed by atoms with Crippen molar-refractivity contribution in [1.29, 1.82) is 0 Å². The maximum atomic E-state index is 2.43. The van der Waals surface area contributed by atoms with E-state index >= 15 is 0 Å². The minimum absolute atomic E-state index is 0.328. The summed E-state index contributed by atoms with van der Waals surface area (Å²) in [5, 5.41) is 8.97. The molecule has 0 N–H and O–H groups in total. The van der Waals surface area contributed by atoms with E-state index < -0.39 is 14.5 Å². The zero-order chi connectivity index (χ0) is 28.0. The molecule has 0 aromatic heterocycles. The number of hydrogen-bond acceptors (Lipinski definition) is 0. The third-order valence-electron chi connectivity index (χ3n) is 8.24. The summed E-state index contributed by atoms with van der Waals surface area (Å²) in [6.07, 6.45) is 1.04. The molecule has 0 bridgehead atoms. The Balaban J connectivity index is 1.84. The average molecular weight is 567 g/mol. The Morgan fingerprint density at radius 1 is 0.317 bits per heavy atom. The molecule has 0 saturated heterocycles. The fourth-order valence-electron chi connectivity index (χ4n) is 6.71. The highest BCUT2D eigenvalue weighted by Crippen LogP contribution is 2.77. The first-order valence-electron chi connectivity index (χ1n) is 14.4. The lowest BCUT2D eigenvalue weighted by atomic mass is 10.3. The van der Waals surface area contributed by atoms with Crippen molar-refractivity contribution in [3.05, 3.63) is 182 Å². The molecule has 41 heavy (non-hydrogen) atoms. The van der Waals surface area contributed by atoms with Crippen LogP contribution in [0.1, 0.15) is 13.3 Å². The van der Waals surface area contributed by atoms with Gasteiger partial charge < -0.3 is 0 Å². The van der Waals surface area contributed by atoms with Crippen molar-refractivity contribution in [2.75, 3.05) is 0 Å². The van der Waals surface area contributed by atoms with Gasteiger partial charge in [-0.1, -0.05) is 116 Å². The summed E-state index contributed by atoms with van der Waals surface area (Å²) in [6, 6.07) is 68.5. The molecule has 0 saturated carbocycles. The molecule has 0 unspecified atom stereocenters. The third-order valence-corrected chi connectivity index (χ3v) is 19.5. The predicted molar refractivity (Wildman–Crippen MR) is 184 cm³/mol. The second-order valence-electron chi connectivity index (χ2n) is 10.3. The highest BCUT2D eigenvalue weighted by atomic mass is 31.2. The fraction of sp³-hybridized carbons (Fsp3) is 0.0769. The predicted octanol–water partition coefficient (Wildman–Crippen LogP) is 7.71. The molecule has 0 spiro atoms. The van der Waals surface area contributed by atoms with Crippen LogP contribution in [0.25, 0.3) is 0 Å². The van der Waals surface area contributed by atoms with Crippen molar-refractivity contribution in [2.45, 2.75) is 18.7 Å². The van der Waals surface area contributed by atoms with Crippen LogP contribution >= 0.6 is 14.5 Å². The maximum absolute atomic E-state index is 2.43. The molecule has 6 aromatic carbocycles. The zero-order valence-corrected chi connectivity index (χ0v) is 25.3. The molecule has 0 fully saturated rings. The molecule has 0 aliphatic rings. The molecule has 0 nitrogen and oxygen atoms in total. The van der Waals surface area contributed by atoms with Gasteiger partial charge in [0.15, 0.2) is 19.9 Å². The molecule has 0 radical (unpaired) electrons. The van der Waals surface area contributed by atoms with E-state index in [2.05, 4.69) is 189 Å². The third kappa shape index (κ3) is 4.77. The molecule has 0 aliphatic heterocycles. The van der Waals surface area contributed by atoms with Crippen LogP contribution in [-0.4, -0.2) is 5.40 Å². The van der Waals surface area contributed by atoms with Gasteiger partial charge in [-0.05, 0) is 72.8 Å². The molecule has 0 heterocycles. The summed E-state index contributed by atoms with van der Waals surface area (Å²) in [6.45, 7) is 2.43. The monoisotopic (exact) mass is 566 g/mol. The number of hydrogen-bond donors (Lipinski definition) is 0. The maximum Gasteiger partial charge on any atom is 0.197 e. The summed E-state index contributed by atoms with van der Waals surface area (Å²) >= 11 is 0. The van der Waals surface area contributed by atoms with Gasteiger partial charge in [-0.2, -0.15) is 0 Å². The van der Waals surface area contributed by atoms with Gasteiger partial charge in [0.25, 0.3) is 0 Å². The SMILES string of the molecule is CCC([P+](c1ccccc1)(c1ccccc1)c1ccccc1)[P+](c1ccccc1)(c1ccccc1)c1ccccc1. The standard InChI is InChI=1S/C39H36P2/c1-2-39(40(33-21-9-3-10-22-33,34-23-11-4-12-24-34)35-25-13-5-14-26-35)41(36-27-15-6-16-28-36,37-29-17-7-18-30-37)38-31-19-8-20-32-38/h3-32,39H,2H2,1H3/q+2. The Hall–Kier alpha value is -3.82. The van der Waals surface area contributed by atoms with Gasteiger partial charge in [-0.3, -0.25) is 0 Å². The van der Waals surface area contributed by atoms with Crippen LogP contribution < -0.4 is 31.8 Å². The van der Waals surface area contributed by atoms with Gasteiger partial charge in [-0.25, -0.2) is 0 Å². The van der Waals surface area contributed by atoms with Gasteiger partial charge in [0.2, 0.25) is 0 Å². The van der Waals surface area contributed by atoms with Gasteiger partial charge in [0.1, 0.15) is 31.8 Å². The summed E-state index contributed by atoms with van der Waals surface area (Å²) in [5.74, 6) is 0. The molecule has 6 aromatic rings. The van der Waals surface area contributed by atoms with Crippen LogP contribution in [-0.2, 0) is 0 Å². The van der Waals surface area contributed by atoms with Crippen molar-refractivity contribution in [2.24, 2.45) is 0 Å². The Morgan fingerprint density at radius 3 is 0.634 bits per heavy atom. The van der Waals surface area contributed by atoms with Crippen molar-refractivity contribution in [1.82, 2.24) is 0 Å². The van der Waals surface area contributed by atoms with E-state index in [1.54, 1.807) is 0 Å². The highest BCUT2D eigenvalue weighted by molar-refractivity contribution is 8.11. The van der Waals surface area contributed by atoms with Gasteiger partial charge in [0, 0.05) is 6.42 Å². The summed E-state index contributed by atoms with van der Waals surface area (Å²) in [7, 11) is -4.46. The Morgan fingerprint density at radius 2 is 0.488 bits per heavy atom. The Bertz CT molecular complexity index is 1320. The first-order valence-corrected chi connectivity index (χ1v) is 18.2. The van der Waals surface area contributed by atoms with Crippen LogP contribution in [0.2, 0.25) is 0 Å². The second kappa shape index (κ2) is 12.4. The Kier molecular flexibility index (Phi) is 8.25. The van der Waals surface area contributed by atoms with Crippen LogP contribution in [0.5, 0.6) is 0 Å². The first kappa shape index (κ1) is 27.4. The van der Waals surface area contributed by atoms with E-state index in [9.17, 15) is 0 Å². The zero-order valence-electron chi connectivity index (χ0n) is 23.5. The lowest BCUT2D eigenvalue weighted by Crippen LogP contribution is -2.47. The molecule has 6 rings (SSSR count). The number of benzene rings is 6. The summed E-state index contributed by atoms with van der Waals surface area (Å²) in [5.41, 5.74) is 0. The van der Waals surface area contributed by atoms with E-state index in [4.69, 9.17) is 0 Å². The molecule has 0 amide bonds. The minimum atomic E-state index is -2.23. The average Bonchev–Trinajstić information content (AvgIpc) is 3.07. The van der Waals surface area contributed by atoms with E-state index in [1.807, 2.05) is 0 Å². The molecular weight excluding hydrogens is 530 g/mol. The van der Waals surface area contributed by atoms with Crippen molar-refractivity contribution in [3.63, 3.8) is 0 Å². The Labute approximate surface area is 246 Å². The molecule has 200 valence electrons.